The zero-order valence-electron chi connectivity index (χ0n) is 18.8. The van der Waals surface area contributed by atoms with Gasteiger partial charge in [-0.2, -0.15) is 0 Å². The lowest BCUT2D eigenvalue weighted by Crippen LogP contribution is -2.22. The molecule has 0 spiro atoms. The van der Waals surface area contributed by atoms with Gasteiger partial charge >= 0.3 is 0 Å². The fraction of sp³-hybridized carbons (Fsp3) is 0.407. The molecule has 0 bridgehead atoms. The average Bonchev–Trinajstić information content (AvgIpc) is 2.83. The fourth-order valence-corrected chi connectivity index (χ4v) is 4.39. The predicted molar refractivity (Wildman–Crippen MR) is 122 cm³/mol. The molecule has 1 aromatic heterocycles. The molecule has 1 aliphatic heterocycles. The number of hydrogen-bond acceptors (Lipinski definition) is 3. The number of ether oxygens (including phenoxy) is 1. The molecule has 0 radical (unpaired) electrons. The number of halogens is 2. The highest BCUT2D eigenvalue weighted by Gasteiger charge is 2.29. The summed E-state index contributed by atoms with van der Waals surface area (Å²) in [5.41, 5.74) is 3.68. The lowest BCUT2D eigenvalue weighted by Gasteiger charge is -2.29. The van der Waals surface area contributed by atoms with Gasteiger partial charge in [0, 0.05) is 23.9 Å². The molecule has 2 unspecified atom stereocenters. The number of hydrogen-bond donors (Lipinski definition) is 0. The monoisotopic (exact) mass is 436 g/mol. The maximum absolute atomic E-state index is 15.0. The summed E-state index contributed by atoms with van der Waals surface area (Å²) >= 11 is 0. The second-order valence-corrected chi connectivity index (χ2v) is 8.57. The van der Waals surface area contributed by atoms with Crippen LogP contribution in [0.4, 0.5) is 8.78 Å². The quantitative estimate of drug-likeness (QED) is 0.401. The smallest absolute Gasteiger partial charge is 0.166 e. The molecule has 3 nitrogen and oxygen atoms in total. The van der Waals surface area contributed by atoms with Gasteiger partial charge in [0.15, 0.2) is 17.5 Å². The van der Waals surface area contributed by atoms with Crippen LogP contribution in [0.25, 0.3) is 11.1 Å². The van der Waals surface area contributed by atoms with Gasteiger partial charge in [0.2, 0.25) is 0 Å². The average molecular weight is 437 g/mol. The summed E-state index contributed by atoms with van der Waals surface area (Å²) in [6, 6.07) is 11.1. The van der Waals surface area contributed by atoms with Gasteiger partial charge in [-0.05, 0) is 47.9 Å². The fourth-order valence-electron chi connectivity index (χ4n) is 4.39. The second kappa shape index (κ2) is 10.3. The first kappa shape index (κ1) is 22.5. The van der Waals surface area contributed by atoms with Crippen LogP contribution in [-0.4, -0.2) is 16.6 Å². The molecule has 2 atom stereocenters. The van der Waals surface area contributed by atoms with Crippen molar-refractivity contribution in [2.75, 3.05) is 6.61 Å². The van der Waals surface area contributed by atoms with Crippen molar-refractivity contribution in [3.63, 3.8) is 0 Å². The summed E-state index contributed by atoms with van der Waals surface area (Å²) < 4.78 is 35.9. The lowest BCUT2D eigenvalue weighted by molar-refractivity contribution is -0.00355. The van der Waals surface area contributed by atoms with Crippen LogP contribution in [0.3, 0.4) is 0 Å². The van der Waals surface area contributed by atoms with E-state index in [1.165, 1.54) is 5.56 Å². The first-order valence-corrected chi connectivity index (χ1v) is 11.6. The molecule has 168 valence electrons. The lowest BCUT2D eigenvalue weighted by atomic mass is 9.89. The van der Waals surface area contributed by atoms with Crippen molar-refractivity contribution in [3.05, 3.63) is 82.9 Å². The van der Waals surface area contributed by atoms with Crippen molar-refractivity contribution in [2.24, 2.45) is 0 Å². The first-order valence-electron chi connectivity index (χ1n) is 11.6. The molecule has 1 fully saturated rings. The van der Waals surface area contributed by atoms with E-state index in [1.54, 1.807) is 12.1 Å². The summed E-state index contributed by atoms with van der Waals surface area (Å²) in [4.78, 5) is 8.89. The molecule has 5 heteroatoms. The maximum atomic E-state index is 15.0. The maximum Gasteiger partial charge on any atom is 0.166 e. The third kappa shape index (κ3) is 4.88. The molecular weight excluding hydrogens is 406 g/mol. The van der Waals surface area contributed by atoms with Gasteiger partial charge in [-0.1, -0.05) is 63.1 Å². The molecule has 0 amide bonds. The third-order valence-electron chi connectivity index (χ3n) is 6.18. The zero-order valence-corrected chi connectivity index (χ0v) is 18.8. The van der Waals surface area contributed by atoms with Gasteiger partial charge in [0.05, 0.1) is 6.61 Å². The van der Waals surface area contributed by atoms with E-state index in [2.05, 4.69) is 23.8 Å². The van der Waals surface area contributed by atoms with E-state index in [9.17, 15) is 4.39 Å². The Labute approximate surface area is 188 Å². The van der Waals surface area contributed by atoms with E-state index < -0.39 is 11.6 Å². The highest BCUT2D eigenvalue weighted by atomic mass is 19.2. The van der Waals surface area contributed by atoms with Crippen molar-refractivity contribution in [2.45, 2.75) is 64.4 Å². The van der Waals surface area contributed by atoms with Gasteiger partial charge in [0.25, 0.3) is 0 Å². The van der Waals surface area contributed by atoms with E-state index in [4.69, 9.17) is 4.74 Å². The van der Waals surface area contributed by atoms with Crippen molar-refractivity contribution < 1.29 is 13.5 Å². The molecule has 2 heterocycles. The Bertz CT molecular complexity index is 1030. The minimum absolute atomic E-state index is 0.180. The van der Waals surface area contributed by atoms with E-state index in [1.807, 2.05) is 36.7 Å². The minimum Gasteiger partial charge on any atom is -0.370 e. The van der Waals surface area contributed by atoms with Crippen molar-refractivity contribution in [3.8, 4) is 11.1 Å². The van der Waals surface area contributed by atoms with E-state index in [0.29, 0.717) is 42.0 Å². The number of rotatable bonds is 7. The van der Waals surface area contributed by atoms with E-state index in [-0.39, 0.29) is 12.0 Å². The Kier molecular flexibility index (Phi) is 7.26. The third-order valence-corrected chi connectivity index (χ3v) is 6.18. The predicted octanol–water partition coefficient (Wildman–Crippen LogP) is 6.96. The van der Waals surface area contributed by atoms with Gasteiger partial charge in [0.1, 0.15) is 6.10 Å². The normalized spacial score (nSPS) is 18.6. The Morgan fingerprint density at radius 2 is 1.53 bits per heavy atom. The van der Waals surface area contributed by atoms with Crippen LogP contribution < -0.4 is 0 Å². The molecule has 3 aromatic rings. The SMILES string of the molecule is CCCc1ccc(-c2ccc(C3CCC(c4ncc(CCC)cn4)OC3)c(F)c2F)cc1. The molecule has 4 rings (SSSR count). The van der Waals surface area contributed by atoms with Crippen LogP contribution in [0.1, 0.15) is 74.1 Å². The van der Waals surface area contributed by atoms with Crippen LogP contribution in [0.15, 0.2) is 48.8 Å². The molecular formula is C27H30F2N2O. The number of benzene rings is 2. The summed E-state index contributed by atoms with van der Waals surface area (Å²) in [7, 11) is 0. The van der Waals surface area contributed by atoms with Crippen LogP contribution >= 0.6 is 0 Å². The molecule has 32 heavy (non-hydrogen) atoms. The Balaban J connectivity index is 1.45. The van der Waals surface area contributed by atoms with Crippen molar-refractivity contribution in [1.82, 2.24) is 9.97 Å². The molecule has 0 N–H and O–H groups in total. The van der Waals surface area contributed by atoms with Crippen LogP contribution in [0.5, 0.6) is 0 Å². The Morgan fingerprint density at radius 3 is 2.16 bits per heavy atom. The Morgan fingerprint density at radius 1 is 0.844 bits per heavy atom. The number of nitrogens with zero attached hydrogens (tertiary/aromatic N) is 2. The van der Waals surface area contributed by atoms with Crippen molar-refractivity contribution >= 4 is 0 Å². The molecule has 1 saturated heterocycles. The van der Waals surface area contributed by atoms with Crippen LogP contribution in [-0.2, 0) is 17.6 Å². The van der Waals surface area contributed by atoms with Gasteiger partial charge in [-0.15, -0.1) is 0 Å². The standard InChI is InChI=1S/C27H30F2N2O/c1-3-5-18-7-9-20(10-8-18)22-12-13-23(26(29)25(22)28)21-11-14-24(32-17-21)27-30-15-19(6-4-2)16-31-27/h7-10,12-13,15-16,21,24H,3-6,11,14,17H2,1-2H3. The van der Waals surface area contributed by atoms with Crippen LogP contribution in [0, 0.1) is 11.6 Å². The van der Waals surface area contributed by atoms with E-state index in [0.717, 1.165) is 31.2 Å². The summed E-state index contributed by atoms with van der Waals surface area (Å²) in [6.45, 7) is 4.57. The van der Waals surface area contributed by atoms with Gasteiger partial charge in [-0.3, -0.25) is 0 Å². The molecule has 0 saturated carbocycles. The second-order valence-electron chi connectivity index (χ2n) is 8.57. The zero-order chi connectivity index (χ0) is 22.5. The van der Waals surface area contributed by atoms with Gasteiger partial charge in [-0.25, -0.2) is 18.7 Å². The van der Waals surface area contributed by atoms with E-state index >= 15 is 4.39 Å². The molecule has 2 aromatic carbocycles. The molecule has 1 aliphatic rings. The number of aryl methyl sites for hydroxylation is 2. The topological polar surface area (TPSA) is 35.0 Å². The number of aromatic nitrogens is 2. The minimum atomic E-state index is -0.789. The van der Waals surface area contributed by atoms with Gasteiger partial charge < -0.3 is 4.74 Å². The Hall–Kier alpha value is -2.66. The summed E-state index contributed by atoms with van der Waals surface area (Å²) in [6.07, 6.45) is 8.92. The highest BCUT2D eigenvalue weighted by molar-refractivity contribution is 5.65. The summed E-state index contributed by atoms with van der Waals surface area (Å²) in [5.74, 6) is -1.08. The molecule has 0 aliphatic carbocycles. The van der Waals surface area contributed by atoms with Crippen LogP contribution in [0.2, 0.25) is 0 Å². The largest absolute Gasteiger partial charge is 0.370 e. The summed E-state index contributed by atoms with van der Waals surface area (Å²) in [5, 5.41) is 0. The first-order chi connectivity index (χ1) is 15.6. The highest BCUT2D eigenvalue weighted by Crippen LogP contribution is 2.37. The van der Waals surface area contributed by atoms with Crippen molar-refractivity contribution in [1.29, 1.82) is 0 Å².